The number of aromatic nitrogens is 1. The van der Waals surface area contributed by atoms with E-state index in [-0.39, 0.29) is 18.4 Å². The Balaban J connectivity index is 1.78. The Bertz CT molecular complexity index is 872. The molecule has 0 spiro atoms. The molecule has 0 bridgehead atoms. The maximum atomic E-state index is 11.9. The number of hydrogen-bond acceptors (Lipinski definition) is 8. The van der Waals surface area contributed by atoms with Crippen LogP contribution in [0.25, 0.3) is 0 Å². The summed E-state index contributed by atoms with van der Waals surface area (Å²) < 4.78 is 15.1. The molecule has 2 aromatic rings. The van der Waals surface area contributed by atoms with Crippen LogP contribution in [0.2, 0.25) is 0 Å². The molecular weight excluding hydrogens is 396 g/mol. The van der Waals surface area contributed by atoms with Crippen molar-refractivity contribution in [1.82, 2.24) is 4.98 Å². The van der Waals surface area contributed by atoms with E-state index in [1.54, 1.807) is 11.4 Å². The minimum Gasteiger partial charge on any atom is -0.482 e. The molecule has 0 unspecified atom stereocenters. The smallest absolute Gasteiger partial charge is 0.344 e. The largest absolute Gasteiger partial charge is 0.482 e. The van der Waals surface area contributed by atoms with Gasteiger partial charge in [0, 0.05) is 5.38 Å². The summed E-state index contributed by atoms with van der Waals surface area (Å²) in [6.07, 6.45) is 0.0191. The highest BCUT2D eigenvalue weighted by Crippen LogP contribution is 2.30. The van der Waals surface area contributed by atoms with Crippen molar-refractivity contribution in [1.29, 1.82) is 0 Å². The second-order valence-electron chi connectivity index (χ2n) is 7.14. The van der Waals surface area contributed by atoms with Crippen molar-refractivity contribution in [3.63, 3.8) is 0 Å². The molecule has 0 saturated carbocycles. The SMILES string of the molecule is COC(=O)Cc1csc(NC(=O)COC(=O)COc2ccccc2C(C)(C)C)n1. The molecule has 2 rings (SSSR count). The molecule has 1 heterocycles. The number of esters is 2. The highest BCUT2D eigenvalue weighted by Gasteiger charge is 2.19. The highest BCUT2D eigenvalue weighted by atomic mass is 32.1. The average molecular weight is 420 g/mol. The standard InChI is InChI=1S/C20H24N2O6S/c1-20(2,3)14-7-5-6-8-15(14)27-11-18(25)28-10-16(23)22-19-21-13(12-29-19)9-17(24)26-4/h5-8,12H,9-11H2,1-4H3,(H,21,22,23). The summed E-state index contributed by atoms with van der Waals surface area (Å²) in [4.78, 5) is 39.1. The Hall–Kier alpha value is -2.94. The van der Waals surface area contributed by atoms with E-state index in [1.165, 1.54) is 7.11 Å². The monoisotopic (exact) mass is 420 g/mol. The molecule has 1 aromatic heterocycles. The Morgan fingerprint density at radius 3 is 2.52 bits per heavy atom. The molecule has 29 heavy (non-hydrogen) atoms. The molecule has 0 saturated heterocycles. The summed E-state index contributed by atoms with van der Waals surface area (Å²) in [5, 5.41) is 4.45. The fraction of sp³-hybridized carbons (Fsp3) is 0.400. The predicted octanol–water partition coefficient (Wildman–Crippen LogP) is 2.72. The number of hydrogen-bond donors (Lipinski definition) is 1. The van der Waals surface area contributed by atoms with Gasteiger partial charge in [0.2, 0.25) is 0 Å². The number of amides is 1. The van der Waals surface area contributed by atoms with Crippen LogP contribution in [0.3, 0.4) is 0 Å². The summed E-state index contributed by atoms with van der Waals surface area (Å²) in [5.41, 5.74) is 1.32. The van der Waals surface area contributed by atoms with E-state index in [9.17, 15) is 14.4 Å². The van der Waals surface area contributed by atoms with Crippen LogP contribution >= 0.6 is 11.3 Å². The van der Waals surface area contributed by atoms with E-state index in [1.807, 2.05) is 39.0 Å². The van der Waals surface area contributed by atoms with Gasteiger partial charge in [0.05, 0.1) is 19.2 Å². The van der Waals surface area contributed by atoms with Crippen LogP contribution in [-0.2, 0) is 35.7 Å². The maximum Gasteiger partial charge on any atom is 0.344 e. The Morgan fingerprint density at radius 1 is 1.10 bits per heavy atom. The molecule has 0 aliphatic rings. The summed E-state index contributed by atoms with van der Waals surface area (Å²) >= 11 is 1.16. The van der Waals surface area contributed by atoms with Crippen molar-refractivity contribution in [2.24, 2.45) is 0 Å². The Labute approximate surface area is 173 Å². The van der Waals surface area contributed by atoms with Crippen molar-refractivity contribution in [2.45, 2.75) is 32.6 Å². The number of carbonyl (C=O) groups is 3. The van der Waals surface area contributed by atoms with Crippen LogP contribution in [0.15, 0.2) is 29.6 Å². The average Bonchev–Trinajstić information content (AvgIpc) is 3.10. The van der Waals surface area contributed by atoms with Gasteiger partial charge >= 0.3 is 11.9 Å². The number of nitrogens with zero attached hydrogens (tertiary/aromatic N) is 1. The fourth-order valence-electron chi connectivity index (χ4n) is 2.36. The zero-order chi connectivity index (χ0) is 21.4. The zero-order valence-electron chi connectivity index (χ0n) is 16.8. The first-order valence-electron chi connectivity index (χ1n) is 8.88. The molecule has 1 amide bonds. The van der Waals surface area contributed by atoms with E-state index in [0.717, 1.165) is 16.9 Å². The lowest BCUT2D eigenvalue weighted by atomic mass is 9.86. The number of thiazole rings is 1. The minimum absolute atomic E-state index is 0.0191. The van der Waals surface area contributed by atoms with Crippen LogP contribution < -0.4 is 10.1 Å². The lowest BCUT2D eigenvalue weighted by Gasteiger charge is -2.22. The van der Waals surface area contributed by atoms with E-state index in [0.29, 0.717) is 16.6 Å². The molecule has 9 heteroatoms. The number of ether oxygens (including phenoxy) is 3. The maximum absolute atomic E-state index is 11.9. The van der Waals surface area contributed by atoms with E-state index in [4.69, 9.17) is 9.47 Å². The van der Waals surface area contributed by atoms with Crippen molar-refractivity contribution in [3.05, 3.63) is 40.9 Å². The van der Waals surface area contributed by atoms with Gasteiger partial charge in [-0.25, -0.2) is 9.78 Å². The molecule has 1 N–H and O–H groups in total. The van der Waals surface area contributed by atoms with Crippen molar-refractivity contribution in [2.75, 3.05) is 25.6 Å². The highest BCUT2D eigenvalue weighted by molar-refractivity contribution is 7.13. The third-order valence-electron chi connectivity index (χ3n) is 3.76. The normalized spacial score (nSPS) is 10.9. The zero-order valence-corrected chi connectivity index (χ0v) is 17.6. The lowest BCUT2D eigenvalue weighted by Crippen LogP contribution is -2.24. The molecule has 0 aliphatic heterocycles. The van der Waals surface area contributed by atoms with Gasteiger partial charge in [-0.2, -0.15) is 0 Å². The van der Waals surface area contributed by atoms with Crippen molar-refractivity contribution >= 4 is 34.3 Å². The van der Waals surface area contributed by atoms with Gasteiger partial charge in [-0.15, -0.1) is 11.3 Å². The summed E-state index contributed by atoms with van der Waals surface area (Å²) in [6, 6.07) is 7.46. The van der Waals surface area contributed by atoms with Crippen LogP contribution in [0.5, 0.6) is 5.75 Å². The lowest BCUT2D eigenvalue weighted by molar-refractivity contribution is -0.149. The first-order valence-corrected chi connectivity index (χ1v) is 9.76. The molecular formula is C20H24N2O6S. The number of carbonyl (C=O) groups excluding carboxylic acids is 3. The third-order valence-corrected chi connectivity index (χ3v) is 4.56. The quantitative estimate of drug-likeness (QED) is 0.655. The molecule has 0 atom stereocenters. The molecule has 1 aromatic carbocycles. The van der Waals surface area contributed by atoms with Gasteiger partial charge < -0.3 is 14.2 Å². The number of anilines is 1. The second-order valence-corrected chi connectivity index (χ2v) is 8.00. The molecule has 0 fully saturated rings. The van der Waals surface area contributed by atoms with Crippen molar-refractivity contribution in [3.8, 4) is 5.75 Å². The number of benzene rings is 1. The predicted molar refractivity (Wildman–Crippen MR) is 108 cm³/mol. The Morgan fingerprint density at radius 2 is 1.83 bits per heavy atom. The van der Waals surface area contributed by atoms with Gasteiger partial charge in [-0.1, -0.05) is 39.0 Å². The first-order chi connectivity index (χ1) is 13.7. The fourth-order valence-corrected chi connectivity index (χ4v) is 3.08. The third kappa shape index (κ3) is 7.19. The van der Waals surface area contributed by atoms with Gasteiger partial charge in [-0.3, -0.25) is 14.9 Å². The summed E-state index contributed by atoms with van der Waals surface area (Å²) in [6.45, 7) is 5.38. The van der Waals surface area contributed by atoms with Gasteiger partial charge in [-0.05, 0) is 17.0 Å². The summed E-state index contributed by atoms with van der Waals surface area (Å²) in [5.74, 6) is -1.01. The summed E-state index contributed by atoms with van der Waals surface area (Å²) in [7, 11) is 1.29. The second kappa shape index (κ2) is 10.0. The van der Waals surface area contributed by atoms with E-state index < -0.39 is 24.5 Å². The first kappa shape index (κ1) is 22.4. The van der Waals surface area contributed by atoms with Crippen LogP contribution in [-0.4, -0.2) is 43.2 Å². The number of para-hydroxylation sites is 1. The van der Waals surface area contributed by atoms with Crippen LogP contribution in [0.1, 0.15) is 32.0 Å². The molecule has 8 nitrogen and oxygen atoms in total. The number of rotatable bonds is 8. The van der Waals surface area contributed by atoms with Gasteiger partial charge in [0.1, 0.15) is 5.75 Å². The topological polar surface area (TPSA) is 104 Å². The van der Waals surface area contributed by atoms with Gasteiger partial charge in [0.15, 0.2) is 18.3 Å². The molecule has 156 valence electrons. The van der Waals surface area contributed by atoms with E-state index >= 15 is 0 Å². The number of nitrogens with one attached hydrogen (secondary N) is 1. The van der Waals surface area contributed by atoms with Crippen LogP contribution in [0.4, 0.5) is 5.13 Å². The van der Waals surface area contributed by atoms with Gasteiger partial charge in [0.25, 0.3) is 5.91 Å². The minimum atomic E-state index is -0.658. The van der Waals surface area contributed by atoms with E-state index in [2.05, 4.69) is 15.0 Å². The van der Waals surface area contributed by atoms with Crippen molar-refractivity contribution < 1.29 is 28.6 Å². The van der Waals surface area contributed by atoms with Crippen LogP contribution in [0, 0.1) is 0 Å². The molecule has 0 radical (unpaired) electrons. The molecule has 0 aliphatic carbocycles. The number of methoxy groups -OCH3 is 1. The Kier molecular flexibility index (Phi) is 7.72.